The van der Waals surface area contributed by atoms with Crippen molar-refractivity contribution in [3.63, 3.8) is 0 Å². The molecule has 1 aliphatic heterocycles. The summed E-state index contributed by atoms with van der Waals surface area (Å²) in [5.74, 6) is 0.486. The van der Waals surface area contributed by atoms with Gasteiger partial charge in [-0.3, -0.25) is 9.36 Å². The summed E-state index contributed by atoms with van der Waals surface area (Å²) < 4.78 is 21.7. The fourth-order valence-electron chi connectivity index (χ4n) is 5.77. The van der Waals surface area contributed by atoms with Crippen molar-refractivity contribution >= 4 is 61.8 Å². The summed E-state index contributed by atoms with van der Waals surface area (Å²) in [5.41, 5.74) is 4.13. The lowest BCUT2D eigenvalue weighted by molar-refractivity contribution is -0.139. The van der Waals surface area contributed by atoms with Gasteiger partial charge in [0.25, 0.3) is 5.56 Å². The van der Waals surface area contributed by atoms with Crippen LogP contribution in [0.4, 0.5) is 0 Å². The molecule has 5 aromatic rings. The number of halogens is 2. The predicted octanol–water partition coefficient (Wildman–Crippen LogP) is 6.62. The Bertz CT molecular complexity index is 2200. The molecule has 0 unspecified atom stereocenters. The Morgan fingerprint density at radius 1 is 1.09 bits per heavy atom. The number of rotatable bonds is 9. The van der Waals surface area contributed by atoms with Crippen molar-refractivity contribution in [3.8, 4) is 11.5 Å². The molecular formula is C35H31BrClN3O5S. The first-order valence-electron chi connectivity index (χ1n) is 14.8. The third kappa shape index (κ3) is 5.92. The molecule has 3 aromatic carbocycles. The number of thiazole rings is 1. The van der Waals surface area contributed by atoms with Crippen LogP contribution in [0.15, 0.2) is 92.4 Å². The van der Waals surface area contributed by atoms with Crippen LogP contribution in [0.5, 0.6) is 11.5 Å². The van der Waals surface area contributed by atoms with Crippen molar-refractivity contribution in [2.24, 2.45) is 4.99 Å². The molecule has 0 saturated carbocycles. The highest BCUT2D eigenvalue weighted by Gasteiger charge is 2.35. The third-order valence-electron chi connectivity index (χ3n) is 7.74. The fraction of sp³-hybridized carbons (Fsp3) is 0.229. The van der Waals surface area contributed by atoms with E-state index in [1.807, 2.05) is 61.7 Å². The molecule has 0 radical (unpaired) electrons. The molecule has 3 heterocycles. The molecule has 236 valence electrons. The number of methoxy groups -OCH3 is 1. The Hall–Kier alpha value is -4.12. The highest BCUT2D eigenvalue weighted by Crippen LogP contribution is 2.41. The van der Waals surface area contributed by atoms with Gasteiger partial charge in [-0.25, -0.2) is 9.79 Å². The van der Waals surface area contributed by atoms with E-state index in [4.69, 9.17) is 30.8 Å². The second kappa shape index (κ2) is 13.3. The minimum atomic E-state index is -0.819. The second-order valence-electron chi connectivity index (χ2n) is 10.6. The van der Waals surface area contributed by atoms with E-state index in [0.717, 1.165) is 22.0 Å². The van der Waals surface area contributed by atoms with Gasteiger partial charge in [0.15, 0.2) is 16.3 Å². The van der Waals surface area contributed by atoms with E-state index in [-0.39, 0.29) is 17.7 Å². The monoisotopic (exact) mass is 719 g/mol. The Balaban J connectivity index is 1.54. The molecular weight excluding hydrogens is 690 g/mol. The largest absolute Gasteiger partial charge is 0.493 e. The van der Waals surface area contributed by atoms with Crippen LogP contribution >= 0.6 is 38.9 Å². The average molecular weight is 721 g/mol. The van der Waals surface area contributed by atoms with Gasteiger partial charge in [-0.15, -0.1) is 0 Å². The van der Waals surface area contributed by atoms with E-state index >= 15 is 0 Å². The highest BCUT2D eigenvalue weighted by atomic mass is 79.9. The molecule has 0 amide bonds. The number of allylic oxidation sites excluding steroid dienone is 1. The summed E-state index contributed by atoms with van der Waals surface area (Å²) in [6.07, 6.45) is 3.94. The number of nitrogens with zero attached hydrogens (tertiary/aromatic N) is 3. The number of carbonyl (C=O) groups excluding carboxylic acids is 1. The van der Waals surface area contributed by atoms with Gasteiger partial charge in [-0.2, -0.15) is 0 Å². The van der Waals surface area contributed by atoms with Crippen LogP contribution < -0.4 is 24.4 Å². The first kappa shape index (κ1) is 31.8. The smallest absolute Gasteiger partial charge is 0.338 e. The van der Waals surface area contributed by atoms with Crippen LogP contribution in [0.25, 0.3) is 17.0 Å². The summed E-state index contributed by atoms with van der Waals surface area (Å²) in [6.45, 7) is 6.64. The standard InChI is InChI=1S/C35H31BrClN3O5S/c1-5-44-29-17-26(36)25(16-28(29)43-4)32-31(34(42)45-6-2)20(3)38-35-40(32)33(41)30(46-35)15-22-19-39(27-13-8-7-12-24(22)27)18-21-10-9-11-23(37)14-21/h7-17,19,32H,5-6,18H2,1-4H3/b30-15+/t32-/m1/s1. The summed E-state index contributed by atoms with van der Waals surface area (Å²) in [5, 5.41) is 1.69. The minimum Gasteiger partial charge on any atom is -0.493 e. The zero-order chi connectivity index (χ0) is 32.5. The second-order valence-corrected chi connectivity index (χ2v) is 12.9. The first-order valence-corrected chi connectivity index (χ1v) is 16.7. The molecule has 1 atom stereocenters. The van der Waals surface area contributed by atoms with Gasteiger partial charge in [-0.05, 0) is 68.3 Å². The van der Waals surface area contributed by atoms with Crippen LogP contribution in [-0.4, -0.2) is 35.4 Å². The van der Waals surface area contributed by atoms with Gasteiger partial charge >= 0.3 is 5.97 Å². The van der Waals surface area contributed by atoms with Gasteiger partial charge in [0.2, 0.25) is 0 Å². The van der Waals surface area contributed by atoms with Crippen molar-refractivity contribution in [2.45, 2.75) is 33.4 Å². The van der Waals surface area contributed by atoms with Gasteiger partial charge in [-0.1, -0.05) is 69.2 Å². The number of benzene rings is 3. The van der Waals surface area contributed by atoms with Gasteiger partial charge in [0.1, 0.15) is 0 Å². The first-order chi connectivity index (χ1) is 22.2. The van der Waals surface area contributed by atoms with Crippen LogP contribution in [0, 0.1) is 0 Å². The summed E-state index contributed by atoms with van der Waals surface area (Å²) in [7, 11) is 1.55. The lowest BCUT2D eigenvalue weighted by atomic mass is 9.95. The Morgan fingerprint density at radius 2 is 1.89 bits per heavy atom. The number of ether oxygens (including phenoxy) is 3. The fourth-order valence-corrected chi connectivity index (χ4v) is 7.56. The highest BCUT2D eigenvalue weighted by molar-refractivity contribution is 9.10. The van der Waals surface area contributed by atoms with E-state index in [2.05, 4.69) is 26.6 Å². The Labute approximate surface area is 282 Å². The van der Waals surface area contributed by atoms with Crippen LogP contribution in [0.1, 0.15) is 43.5 Å². The predicted molar refractivity (Wildman–Crippen MR) is 185 cm³/mol. The summed E-state index contributed by atoms with van der Waals surface area (Å²) >= 11 is 11.2. The molecule has 1 aliphatic rings. The molecule has 46 heavy (non-hydrogen) atoms. The lowest BCUT2D eigenvalue weighted by Crippen LogP contribution is -2.40. The maximum absolute atomic E-state index is 14.4. The number of para-hydroxylation sites is 1. The average Bonchev–Trinajstić information content (AvgIpc) is 3.53. The Morgan fingerprint density at radius 3 is 2.63 bits per heavy atom. The molecule has 6 rings (SSSR count). The molecule has 0 bridgehead atoms. The lowest BCUT2D eigenvalue weighted by Gasteiger charge is -2.26. The number of carbonyl (C=O) groups is 1. The van der Waals surface area contributed by atoms with Crippen molar-refractivity contribution in [2.75, 3.05) is 20.3 Å². The normalized spacial score (nSPS) is 14.7. The number of aromatic nitrogens is 2. The molecule has 11 heteroatoms. The molecule has 0 saturated heterocycles. The third-order valence-corrected chi connectivity index (χ3v) is 9.65. The van der Waals surface area contributed by atoms with E-state index in [1.165, 1.54) is 11.3 Å². The van der Waals surface area contributed by atoms with Crippen molar-refractivity contribution < 1.29 is 19.0 Å². The number of esters is 1. The van der Waals surface area contributed by atoms with Crippen LogP contribution in [-0.2, 0) is 16.1 Å². The number of fused-ring (bicyclic) bond motifs is 2. The summed E-state index contributed by atoms with van der Waals surface area (Å²) in [6, 6.07) is 18.6. The maximum atomic E-state index is 14.4. The van der Waals surface area contributed by atoms with Gasteiger partial charge in [0, 0.05) is 38.7 Å². The van der Waals surface area contributed by atoms with Crippen molar-refractivity contribution in [1.29, 1.82) is 0 Å². The number of hydrogen-bond donors (Lipinski definition) is 0. The zero-order valence-electron chi connectivity index (χ0n) is 25.7. The molecule has 2 aromatic heterocycles. The van der Waals surface area contributed by atoms with E-state index in [1.54, 1.807) is 37.7 Å². The molecule has 0 fully saturated rings. The Kier molecular flexibility index (Phi) is 9.22. The van der Waals surface area contributed by atoms with Crippen molar-refractivity contribution in [3.05, 3.63) is 124 Å². The van der Waals surface area contributed by atoms with Crippen LogP contribution in [0.3, 0.4) is 0 Å². The molecule has 0 spiro atoms. The molecule has 0 aliphatic carbocycles. The maximum Gasteiger partial charge on any atom is 0.338 e. The topological polar surface area (TPSA) is 84.1 Å². The van der Waals surface area contributed by atoms with Gasteiger partial charge in [0.05, 0.1) is 42.2 Å². The minimum absolute atomic E-state index is 0.180. The quantitative estimate of drug-likeness (QED) is 0.160. The molecule has 8 nitrogen and oxygen atoms in total. The van der Waals surface area contributed by atoms with E-state index in [9.17, 15) is 9.59 Å². The molecule has 0 N–H and O–H groups in total. The number of hydrogen-bond acceptors (Lipinski definition) is 7. The zero-order valence-corrected chi connectivity index (χ0v) is 28.8. The van der Waals surface area contributed by atoms with Gasteiger partial charge < -0.3 is 18.8 Å². The SMILES string of the molecule is CCOC(=O)C1=C(C)N=c2s/c(=C/c3cn(Cc4cccc(Cl)c4)c4ccccc34)c(=O)n2[C@@H]1c1cc(OC)c(OCC)cc1Br. The van der Waals surface area contributed by atoms with Crippen LogP contribution in [0.2, 0.25) is 5.02 Å². The van der Waals surface area contributed by atoms with E-state index in [0.29, 0.717) is 54.7 Å². The summed E-state index contributed by atoms with van der Waals surface area (Å²) in [4.78, 5) is 33.0. The van der Waals surface area contributed by atoms with E-state index < -0.39 is 12.0 Å². The van der Waals surface area contributed by atoms with Crippen molar-refractivity contribution in [1.82, 2.24) is 9.13 Å².